The fourth-order valence-corrected chi connectivity index (χ4v) is 1.62. The average molecular weight is 161 g/mol. The van der Waals surface area contributed by atoms with Crippen molar-refractivity contribution in [1.29, 1.82) is 0 Å². The minimum Gasteiger partial charge on any atom is -0.360 e. The van der Waals surface area contributed by atoms with Crippen LogP contribution in [0.3, 0.4) is 0 Å². The maximum absolute atomic E-state index is 5.61. The predicted octanol–water partition coefficient (Wildman–Crippen LogP) is -0.0931. The lowest BCUT2D eigenvalue weighted by Crippen LogP contribution is -2.18. The van der Waals surface area contributed by atoms with Crippen LogP contribution in [0, 0.1) is 0 Å². The molecule has 12 heavy (non-hydrogen) atoms. The van der Waals surface area contributed by atoms with Gasteiger partial charge in [0, 0.05) is 25.7 Å². The zero-order valence-corrected chi connectivity index (χ0v) is 7.32. The molecule has 2 rings (SSSR count). The number of hydrogen-bond donors (Lipinski definition) is 0. The van der Waals surface area contributed by atoms with Crippen LogP contribution in [0.4, 0.5) is 5.82 Å². The van der Waals surface area contributed by atoms with Gasteiger partial charge in [-0.1, -0.05) is 0 Å². The fraction of sp³-hybridized carbons (Fsp3) is 0.625. The number of nitrogens with zero attached hydrogens (tertiary/aromatic N) is 3. The Morgan fingerprint density at radius 3 is 3.00 bits per heavy atom. The third kappa shape index (κ3) is 1.21. The summed E-state index contributed by atoms with van der Waals surface area (Å²) in [5.74, 6) is 1.14. The molecule has 1 aliphatic heterocycles. The summed E-state index contributed by atoms with van der Waals surface area (Å²) < 4.78 is 1.99. The number of aromatic nitrogens is 2. The van der Waals surface area contributed by atoms with E-state index < -0.39 is 0 Å². The van der Waals surface area contributed by atoms with Crippen LogP contribution in [-0.4, -0.2) is 31.2 Å². The van der Waals surface area contributed by atoms with E-state index >= 15 is 0 Å². The molecular weight excluding hydrogens is 149 g/mol. The quantitative estimate of drug-likeness (QED) is 0.495. The lowest BCUT2D eigenvalue weighted by molar-refractivity contribution is 0.597. The minimum absolute atomic E-state index is 0.624. The first-order valence-corrected chi connectivity index (χ1v) is 4.32. The standard InChI is InChI=1S/C8H12BN3/c1-11-4-2-3-5-12-8(11)6-7(9)10-12/h6H,2-5H2,1H3. The van der Waals surface area contributed by atoms with Gasteiger partial charge in [-0.2, -0.15) is 5.10 Å². The fourth-order valence-electron chi connectivity index (χ4n) is 1.62. The second-order valence-electron chi connectivity index (χ2n) is 3.28. The highest BCUT2D eigenvalue weighted by molar-refractivity contribution is 6.30. The van der Waals surface area contributed by atoms with Gasteiger partial charge in [0.15, 0.2) is 0 Å². The number of rotatable bonds is 0. The van der Waals surface area contributed by atoms with Gasteiger partial charge in [-0.25, -0.2) is 0 Å². The predicted molar refractivity (Wildman–Crippen MR) is 50.1 cm³/mol. The number of fused-ring (bicyclic) bond motifs is 1. The summed E-state index contributed by atoms with van der Waals surface area (Å²) in [7, 11) is 7.69. The first-order chi connectivity index (χ1) is 5.77. The van der Waals surface area contributed by atoms with Crippen molar-refractivity contribution in [3.8, 4) is 0 Å². The molecular formula is C8H12BN3. The molecule has 2 heterocycles. The van der Waals surface area contributed by atoms with Crippen molar-refractivity contribution in [2.24, 2.45) is 0 Å². The van der Waals surface area contributed by atoms with Gasteiger partial charge in [0.2, 0.25) is 0 Å². The Morgan fingerprint density at radius 1 is 1.42 bits per heavy atom. The molecule has 0 saturated heterocycles. The summed E-state index contributed by atoms with van der Waals surface area (Å²) >= 11 is 0. The van der Waals surface area contributed by atoms with Crippen molar-refractivity contribution >= 4 is 19.3 Å². The second-order valence-corrected chi connectivity index (χ2v) is 3.28. The highest BCUT2D eigenvalue weighted by atomic mass is 15.4. The van der Waals surface area contributed by atoms with Crippen LogP contribution in [0.1, 0.15) is 12.8 Å². The molecule has 0 aromatic carbocycles. The zero-order valence-electron chi connectivity index (χ0n) is 7.32. The monoisotopic (exact) mass is 161 g/mol. The molecule has 0 amide bonds. The lowest BCUT2D eigenvalue weighted by Gasteiger charge is -2.15. The molecule has 0 atom stereocenters. The van der Waals surface area contributed by atoms with E-state index in [1.54, 1.807) is 0 Å². The Morgan fingerprint density at radius 2 is 2.17 bits per heavy atom. The van der Waals surface area contributed by atoms with E-state index in [4.69, 9.17) is 7.85 Å². The van der Waals surface area contributed by atoms with Gasteiger partial charge >= 0.3 is 0 Å². The van der Waals surface area contributed by atoms with Crippen LogP contribution in [0.5, 0.6) is 0 Å². The van der Waals surface area contributed by atoms with Crippen molar-refractivity contribution in [3.05, 3.63) is 6.07 Å². The summed E-state index contributed by atoms with van der Waals surface area (Å²) in [5.41, 5.74) is 0.624. The Hall–Kier alpha value is -0.925. The largest absolute Gasteiger partial charge is 0.360 e. The topological polar surface area (TPSA) is 21.1 Å². The molecule has 0 spiro atoms. The number of aryl methyl sites for hydroxylation is 1. The van der Waals surface area contributed by atoms with E-state index in [2.05, 4.69) is 17.0 Å². The number of hydrogen-bond acceptors (Lipinski definition) is 2. The van der Waals surface area contributed by atoms with E-state index in [-0.39, 0.29) is 0 Å². The SMILES string of the molecule is [B]c1cc2n(n1)CCCCN2C. The van der Waals surface area contributed by atoms with E-state index in [1.165, 1.54) is 12.8 Å². The van der Waals surface area contributed by atoms with Crippen molar-refractivity contribution in [1.82, 2.24) is 9.78 Å². The Labute approximate surface area is 73.8 Å². The molecule has 62 valence electrons. The molecule has 0 aliphatic carbocycles. The van der Waals surface area contributed by atoms with E-state index in [9.17, 15) is 0 Å². The first kappa shape index (κ1) is 7.71. The van der Waals surface area contributed by atoms with Gasteiger partial charge in [0.25, 0.3) is 0 Å². The Balaban J connectivity index is 2.38. The smallest absolute Gasteiger partial charge is 0.144 e. The molecule has 0 bridgehead atoms. The van der Waals surface area contributed by atoms with Crippen LogP contribution in [0.2, 0.25) is 0 Å². The maximum Gasteiger partial charge on any atom is 0.144 e. The van der Waals surface area contributed by atoms with Gasteiger partial charge in [-0.05, 0) is 18.9 Å². The molecule has 1 aromatic rings. The van der Waals surface area contributed by atoms with Crippen LogP contribution >= 0.6 is 0 Å². The van der Waals surface area contributed by atoms with Crippen LogP contribution in [-0.2, 0) is 6.54 Å². The van der Waals surface area contributed by atoms with Crippen LogP contribution < -0.4 is 10.5 Å². The zero-order chi connectivity index (χ0) is 8.55. The summed E-state index contributed by atoms with van der Waals surface area (Å²) in [5, 5.41) is 4.21. The molecule has 0 saturated carbocycles. The van der Waals surface area contributed by atoms with E-state index in [0.29, 0.717) is 5.59 Å². The van der Waals surface area contributed by atoms with Gasteiger partial charge in [0.1, 0.15) is 13.7 Å². The van der Waals surface area contributed by atoms with E-state index in [1.807, 2.05) is 10.7 Å². The van der Waals surface area contributed by atoms with Crippen LogP contribution in [0.15, 0.2) is 6.07 Å². The van der Waals surface area contributed by atoms with E-state index in [0.717, 1.165) is 18.9 Å². The minimum atomic E-state index is 0.624. The summed E-state index contributed by atoms with van der Waals surface area (Å²) in [6.45, 7) is 2.10. The van der Waals surface area contributed by atoms with Crippen molar-refractivity contribution < 1.29 is 0 Å². The third-order valence-electron chi connectivity index (χ3n) is 2.28. The van der Waals surface area contributed by atoms with Gasteiger partial charge in [-0.3, -0.25) is 4.68 Å². The maximum atomic E-state index is 5.61. The molecule has 3 nitrogen and oxygen atoms in total. The third-order valence-corrected chi connectivity index (χ3v) is 2.28. The highest BCUT2D eigenvalue weighted by Crippen LogP contribution is 2.15. The normalized spacial score (nSPS) is 17.2. The Kier molecular flexibility index (Phi) is 1.83. The molecule has 0 N–H and O–H groups in total. The van der Waals surface area contributed by atoms with Crippen LogP contribution in [0.25, 0.3) is 0 Å². The van der Waals surface area contributed by atoms with Gasteiger partial charge in [0.05, 0.1) is 0 Å². The molecule has 0 fully saturated rings. The average Bonchev–Trinajstić information content (AvgIpc) is 2.33. The lowest BCUT2D eigenvalue weighted by atomic mass is 10.1. The summed E-state index contributed by atoms with van der Waals surface area (Å²) in [4.78, 5) is 2.20. The summed E-state index contributed by atoms with van der Waals surface area (Å²) in [6, 6.07) is 1.94. The van der Waals surface area contributed by atoms with Crippen molar-refractivity contribution in [2.75, 3.05) is 18.5 Å². The number of anilines is 1. The summed E-state index contributed by atoms with van der Waals surface area (Å²) in [6.07, 6.45) is 2.43. The Bertz CT molecular complexity index is 282. The van der Waals surface area contributed by atoms with Gasteiger partial charge < -0.3 is 4.90 Å². The molecule has 2 radical (unpaired) electrons. The molecule has 1 aliphatic rings. The molecule has 4 heteroatoms. The van der Waals surface area contributed by atoms with Crippen molar-refractivity contribution in [3.63, 3.8) is 0 Å². The second kappa shape index (κ2) is 2.85. The molecule has 1 aromatic heterocycles. The highest BCUT2D eigenvalue weighted by Gasteiger charge is 2.12. The van der Waals surface area contributed by atoms with Gasteiger partial charge in [-0.15, -0.1) is 0 Å². The molecule has 0 unspecified atom stereocenters. The first-order valence-electron chi connectivity index (χ1n) is 4.32. The van der Waals surface area contributed by atoms with Crippen molar-refractivity contribution in [2.45, 2.75) is 19.4 Å².